The minimum atomic E-state index is -1.11. The molecule has 0 fully saturated rings. The molecule has 0 aromatic heterocycles. The molecule has 0 aliphatic carbocycles. The Labute approximate surface area is 266 Å². The summed E-state index contributed by atoms with van der Waals surface area (Å²) >= 11 is 0. The van der Waals surface area contributed by atoms with E-state index in [4.69, 9.17) is 14.2 Å². The average Bonchev–Trinajstić information content (AvgIpc) is 3.63. The van der Waals surface area contributed by atoms with Gasteiger partial charge in [0, 0.05) is 18.3 Å². The van der Waals surface area contributed by atoms with E-state index in [1.165, 1.54) is 9.80 Å². The largest absolute Gasteiger partial charge is 0.497 e. The number of rotatable bonds is 10. The molecule has 1 N–H and O–H groups in total. The molecule has 2 heterocycles. The van der Waals surface area contributed by atoms with Gasteiger partial charge in [-0.05, 0) is 59.0 Å². The number of ketones is 1. The van der Waals surface area contributed by atoms with Crippen LogP contribution in [0.4, 0.5) is 11.4 Å². The molecule has 10 nitrogen and oxygen atoms in total. The minimum Gasteiger partial charge on any atom is -0.497 e. The Morgan fingerprint density at radius 2 is 1.59 bits per heavy atom. The van der Waals surface area contributed by atoms with Crippen LogP contribution in [0.5, 0.6) is 17.2 Å². The van der Waals surface area contributed by atoms with Gasteiger partial charge in [-0.25, -0.2) is 0 Å². The van der Waals surface area contributed by atoms with Crippen molar-refractivity contribution in [3.05, 3.63) is 113 Å². The predicted octanol–water partition coefficient (Wildman–Crippen LogP) is 5.49. The summed E-state index contributed by atoms with van der Waals surface area (Å²) in [5.41, 5.74) is 3.45. The Bertz CT molecular complexity index is 1800. The quantitative estimate of drug-likeness (QED) is 0.234. The second-order valence-electron chi connectivity index (χ2n) is 11.4. The molecule has 234 valence electrons. The van der Waals surface area contributed by atoms with Crippen molar-refractivity contribution in [2.24, 2.45) is 0 Å². The summed E-state index contributed by atoms with van der Waals surface area (Å²) in [6.07, 6.45) is 0. The topological polar surface area (TPSA) is 114 Å². The van der Waals surface area contributed by atoms with Crippen LogP contribution < -0.4 is 24.4 Å². The molecule has 2 aliphatic rings. The molecule has 0 unspecified atom stereocenters. The Morgan fingerprint density at radius 3 is 2.30 bits per heavy atom. The first-order valence-electron chi connectivity index (χ1n) is 14.9. The molecule has 0 spiro atoms. The van der Waals surface area contributed by atoms with Crippen molar-refractivity contribution in [2.45, 2.75) is 32.4 Å². The number of nitrogens with zero attached hydrogens (tertiary/aromatic N) is 2. The zero-order valence-electron chi connectivity index (χ0n) is 25.7. The number of Topliss-reactive ketones (excluding diaryl/α,β-unsaturated/α-hetero) is 1. The fraction of sp³-hybridized carbons (Fsp3) is 0.222. The number of carbonyl (C=O) groups excluding carboxylic acids is 4. The lowest BCUT2D eigenvalue weighted by atomic mass is 9.97. The maximum Gasteiger partial charge on any atom is 0.299 e. The number of methoxy groups -OCH3 is 1. The molecular weight excluding hydrogens is 586 g/mol. The third-order valence-electron chi connectivity index (χ3n) is 8.12. The van der Waals surface area contributed by atoms with Crippen molar-refractivity contribution >= 4 is 34.9 Å². The van der Waals surface area contributed by atoms with E-state index in [1.807, 2.05) is 36.4 Å². The second-order valence-corrected chi connectivity index (χ2v) is 11.4. The Hall–Kier alpha value is -5.64. The van der Waals surface area contributed by atoms with Gasteiger partial charge < -0.3 is 24.4 Å². The van der Waals surface area contributed by atoms with Crippen molar-refractivity contribution in [2.75, 3.05) is 30.7 Å². The first kappa shape index (κ1) is 30.4. The number of amides is 3. The monoisotopic (exact) mass is 619 g/mol. The summed E-state index contributed by atoms with van der Waals surface area (Å²) in [7, 11) is 1.56. The fourth-order valence-electron chi connectivity index (χ4n) is 5.60. The SMILES string of the molecule is COc1ccc(CN(C(=O)CN2C(=O)C(=O)c3ccccc32)[C@H](C(=O)Nc2ccc3c(c2)OCO3)c2ccc(C(C)C)cc2)cc1. The number of benzene rings is 4. The van der Waals surface area contributed by atoms with Crippen LogP contribution in [0.25, 0.3) is 0 Å². The van der Waals surface area contributed by atoms with Gasteiger partial charge in [0.25, 0.3) is 17.6 Å². The summed E-state index contributed by atoms with van der Waals surface area (Å²) in [5.74, 6) is -0.493. The molecular formula is C36H33N3O7. The van der Waals surface area contributed by atoms with Crippen LogP contribution in [0.15, 0.2) is 91.0 Å². The van der Waals surface area contributed by atoms with Gasteiger partial charge in [0.05, 0.1) is 18.4 Å². The predicted molar refractivity (Wildman–Crippen MR) is 171 cm³/mol. The number of carbonyl (C=O) groups is 4. The van der Waals surface area contributed by atoms with Crippen molar-refractivity contribution in [1.29, 1.82) is 0 Å². The van der Waals surface area contributed by atoms with Crippen molar-refractivity contribution in [1.82, 2.24) is 4.90 Å². The van der Waals surface area contributed by atoms with Crippen LogP contribution in [0.3, 0.4) is 0 Å². The summed E-state index contributed by atoms with van der Waals surface area (Å²) in [6, 6.07) is 25.3. The third-order valence-corrected chi connectivity index (χ3v) is 8.12. The number of nitrogens with one attached hydrogen (secondary N) is 1. The number of ether oxygens (including phenoxy) is 3. The van der Waals surface area contributed by atoms with E-state index in [1.54, 1.807) is 61.7 Å². The van der Waals surface area contributed by atoms with E-state index >= 15 is 0 Å². The molecule has 1 atom stereocenters. The van der Waals surface area contributed by atoms with Crippen molar-refractivity contribution in [3.8, 4) is 17.2 Å². The van der Waals surface area contributed by atoms with E-state index in [9.17, 15) is 19.2 Å². The maximum atomic E-state index is 14.4. The van der Waals surface area contributed by atoms with Crippen LogP contribution in [0.1, 0.15) is 52.9 Å². The van der Waals surface area contributed by atoms with Gasteiger partial charge in [0.1, 0.15) is 18.3 Å². The highest BCUT2D eigenvalue weighted by Gasteiger charge is 2.39. The van der Waals surface area contributed by atoms with Gasteiger partial charge in [-0.2, -0.15) is 0 Å². The molecule has 46 heavy (non-hydrogen) atoms. The van der Waals surface area contributed by atoms with E-state index in [2.05, 4.69) is 19.2 Å². The zero-order chi connectivity index (χ0) is 32.4. The fourth-order valence-corrected chi connectivity index (χ4v) is 5.60. The lowest BCUT2D eigenvalue weighted by molar-refractivity contribution is -0.139. The summed E-state index contributed by atoms with van der Waals surface area (Å²) in [5, 5.41) is 2.95. The molecule has 0 saturated heterocycles. The number of anilines is 2. The highest BCUT2D eigenvalue weighted by molar-refractivity contribution is 6.52. The molecule has 0 bridgehead atoms. The number of para-hydroxylation sites is 1. The Balaban J connectivity index is 1.39. The van der Waals surface area contributed by atoms with Gasteiger partial charge in [-0.15, -0.1) is 0 Å². The zero-order valence-corrected chi connectivity index (χ0v) is 25.7. The summed E-state index contributed by atoms with van der Waals surface area (Å²) in [6.45, 7) is 3.83. The van der Waals surface area contributed by atoms with Gasteiger partial charge in [0.15, 0.2) is 11.5 Å². The molecule has 4 aromatic carbocycles. The first-order valence-corrected chi connectivity index (χ1v) is 14.9. The third kappa shape index (κ3) is 6.01. The number of hydrogen-bond donors (Lipinski definition) is 1. The average molecular weight is 620 g/mol. The summed E-state index contributed by atoms with van der Waals surface area (Å²) in [4.78, 5) is 57.1. The van der Waals surface area contributed by atoms with Gasteiger partial charge >= 0.3 is 0 Å². The van der Waals surface area contributed by atoms with Gasteiger partial charge in [-0.3, -0.25) is 24.1 Å². The van der Waals surface area contributed by atoms with Crippen LogP contribution in [0.2, 0.25) is 0 Å². The van der Waals surface area contributed by atoms with Crippen molar-refractivity contribution < 1.29 is 33.4 Å². The molecule has 0 radical (unpaired) electrons. The highest BCUT2D eigenvalue weighted by atomic mass is 16.7. The Kier molecular flexibility index (Phi) is 8.43. The van der Waals surface area contributed by atoms with Crippen LogP contribution in [0, 0.1) is 0 Å². The van der Waals surface area contributed by atoms with E-state index in [0.29, 0.717) is 34.2 Å². The molecule has 10 heteroatoms. The molecule has 3 amide bonds. The van der Waals surface area contributed by atoms with Gasteiger partial charge in [-0.1, -0.05) is 62.4 Å². The normalized spacial score (nSPS) is 13.9. The van der Waals surface area contributed by atoms with Crippen LogP contribution in [-0.4, -0.2) is 48.9 Å². The smallest absolute Gasteiger partial charge is 0.299 e. The van der Waals surface area contributed by atoms with Crippen LogP contribution in [-0.2, 0) is 20.9 Å². The van der Waals surface area contributed by atoms with E-state index in [-0.39, 0.29) is 24.8 Å². The highest BCUT2D eigenvalue weighted by Crippen LogP contribution is 2.36. The van der Waals surface area contributed by atoms with E-state index in [0.717, 1.165) is 11.1 Å². The lowest BCUT2D eigenvalue weighted by Crippen LogP contribution is -2.46. The molecule has 6 rings (SSSR count). The first-order chi connectivity index (χ1) is 22.2. The minimum absolute atomic E-state index is 0.0333. The molecule has 4 aromatic rings. The summed E-state index contributed by atoms with van der Waals surface area (Å²) < 4.78 is 16.2. The second kappa shape index (κ2) is 12.8. The van der Waals surface area contributed by atoms with Crippen molar-refractivity contribution in [3.63, 3.8) is 0 Å². The number of hydrogen-bond acceptors (Lipinski definition) is 7. The molecule has 2 aliphatic heterocycles. The maximum absolute atomic E-state index is 14.4. The Morgan fingerprint density at radius 1 is 0.891 bits per heavy atom. The molecule has 0 saturated carbocycles. The lowest BCUT2D eigenvalue weighted by Gasteiger charge is -2.33. The van der Waals surface area contributed by atoms with Gasteiger partial charge in [0.2, 0.25) is 12.7 Å². The standard InChI is InChI=1S/C36H33N3O7/c1-22(2)24-10-12-25(13-11-24)33(35(42)37-26-14-17-30-31(18-26)46-21-45-30)39(19-23-8-15-27(44-3)16-9-23)32(40)20-38-29-7-5-4-6-28(29)34(41)36(38)43/h4-18,22,33H,19-21H2,1-3H3,(H,37,42)/t33-/m0/s1. The number of fused-ring (bicyclic) bond motifs is 2. The van der Waals surface area contributed by atoms with Crippen LogP contribution >= 0.6 is 0 Å². The van der Waals surface area contributed by atoms with E-state index < -0.39 is 36.1 Å².